The van der Waals surface area contributed by atoms with E-state index in [0.717, 1.165) is 25.7 Å². The number of rotatable bonds is 7. The molecule has 1 rings (SSSR count). The fourth-order valence-electron chi connectivity index (χ4n) is 2.45. The molecule has 0 bridgehead atoms. The zero-order valence-electron chi connectivity index (χ0n) is 11.8. The number of amides is 3. The van der Waals surface area contributed by atoms with Crippen molar-refractivity contribution >= 4 is 17.9 Å². The number of primary amides is 1. The van der Waals surface area contributed by atoms with Gasteiger partial charge in [0.2, 0.25) is 5.91 Å². The highest BCUT2D eigenvalue weighted by Gasteiger charge is 2.29. The van der Waals surface area contributed by atoms with E-state index in [1.807, 2.05) is 0 Å². The number of hydrogen-bond donors (Lipinski definition) is 4. The highest BCUT2D eigenvalue weighted by molar-refractivity contribution is 5.83. The van der Waals surface area contributed by atoms with Crippen molar-refractivity contribution in [1.82, 2.24) is 10.6 Å². The van der Waals surface area contributed by atoms with E-state index in [4.69, 9.17) is 10.8 Å². The first kappa shape index (κ1) is 16.3. The monoisotopic (exact) mass is 285 g/mol. The van der Waals surface area contributed by atoms with Gasteiger partial charge in [0, 0.05) is 13.0 Å². The molecule has 1 atom stereocenters. The number of carbonyl (C=O) groups excluding carboxylic acids is 2. The maximum absolute atomic E-state index is 11.7. The van der Waals surface area contributed by atoms with Crippen molar-refractivity contribution < 1.29 is 19.5 Å². The maximum atomic E-state index is 11.7. The Balaban J connectivity index is 2.37. The molecular weight excluding hydrogens is 262 g/mol. The molecule has 1 saturated carbocycles. The predicted molar refractivity (Wildman–Crippen MR) is 73.0 cm³/mol. The molecular formula is C13H23N3O4. The Labute approximate surface area is 118 Å². The lowest BCUT2D eigenvalue weighted by molar-refractivity contribution is -0.139. The average molecular weight is 285 g/mol. The number of nitrogens with one attached hydrogen (secondary N) is 2. The van der Waals surface area contributed by atoms with Crippen molar-refractivity contribution in [1.29, 1.82) is 0 Å². The van der Waals surface area contributed by atoms with Crippen LogP contribution in [-0.2, 0) is 9.59 Å². The van der Waals surface area contributed by atoms with Gasteiger partial charge in [0.25, 0.3) is 0 Å². The highest BCUT2D eigenvalue weighted by Crippen LogP contribution is 2.36. The summed E-state index contributed by atoms with van der Waals surface area (Å²) in [4.78, 5) is 33.3. The van der Waals surface area contributed by atoms with Crippen LogP contribution in [0.2, 0.25) is 0 Å². The van der Waals surface area contributed by atoms with Crippen molar-refractivity contribution in [3.63, 3.8) is 0 Å². The van der Waals surface area contributed by atoms with Crippen molar-refractivity contribution in [2.24, 2.45) is 11.1 Å². The second kappa shape index (κ2) is 7.12. The van der Waals surface area contributed by atoms with Crippen LogP contribution >= 0.6 is 0 Å². The molecule has 0 heterocycles. The van der Waals surface area contributed by atoms with Gasteiger partial charge in [0.15, 0.2) is 0 Å². The van der Waals surface area contributed by atoms with Gasteiger partial charge in [0.05, 0.1) is 0 Å². The summed E-state index contributed by atoms with van der Waals surface area (Å²) in [5, 5.41) is 14.0. The molecule has 0 spiro atoms. The average Bonchev–Trinajstić information content (AvgIpc) is 2.79. The standard InChI is InChI=1S/C13H23N3O4/c1-13(6-2-3-7-13)8-15-12(20)16-9(11(18)19)4-5-10(14)17/h9H,2-8H2,1H3,(H2,14,17)(H,18,19)(H2,15,16,20). The fraction of sp³-hybridized carbons (Fsp3) is 0.769. The Hall–Kier alpha value is -1.79. The van der Waals surface area contributed by atoms with Crippen LogP contribution in [0.4, 0.5) is 4.79 Å². The van der Waals surface area contributed by atoms with E-state index >= 15 is 0 Å². The topological polar surface area (TPSA) is 122 Å². The van der Waals surface area contributed by atoms with Crippen molar-refractivity contribution in [2.45, 2.75) is 51.5 Å². The van der Waals surface area contributed by atoms with Crippen molar-refractivity contribution in [3.05, 3.63) is 0 Å². The molecule has 1 unspecified atom stereocenters. The van der Waals surface area contributed by atoms with E-state index in [0.29, 0.717) is 6.54 Å². The van der Waals surface area contributed by atoms with Gasteiger partial charge in [-0.2, -0.15) is 0 Å². The van der Waals surface area contributed by atoms with Crippen LogP contribution in [0.1, 0.15) is 45.4 Å². The first-order valence-electron chi connectivity index (χ1n) is 6.88. The lowest BCUT2D eigenvalue weighted by atomic mass is 9.89. The molecule has 0 aliphatic heterocycles. The largest absolute Gasteiger partial charge is 0.480 e. The maximum Gasteiger partial charge on any atom is 0.326 e. The SMILES string of the molecule is CC1(CNC(=O)NC(CCC(N)=O)C(=O)O)CCCC1. The molecule has 114 valence electrons. The van der Waals surface area contributed by atoms with E-state index in [9.17, 15) is 14.4 Å². The second-order valence-corrected chi connectivity index (χ2v) is 5.74. The Bertz CT molecular complexity index is 378. The van der Waals surface area contributed by atoms with Crippen molar-refractivity contribution in [3.8, 4) is 0 Å². The number of nitrogens with two attached hydrogens (primary N) is 1. The van der Waals surface area contributed by atoms with Gasteiger partial charge in [-0.25, -0.2) is 9.59 Å². The van der Waals surface area contributed by atoms with Gasteiger partial charge in [-0.05, 0) is 24.7 Å². The van der Waals surface area contributed by atoms with Gasteiger partial charge in [-0.3, -0.25) is 4.79 Å². The third kappa shape index (κ3) is 5.46. The molecule has 5 N–H and O–H groups in total. The number of carboxylic acid groups (broad SMARTS) is 1. The molecule has 1 aliphatic rings. The summed E-state index contributed by atoms with van der Waals surface area (Å²) in [6.07, 6.45) is 4.38. The molecule has 3 amide bonds. The summed E-state index contributed by atoms with van der Waals surface area (Å²) < 4.78 is 0. The molecule has 0 aromatic heterocycles. The molecule has 0 aromatic rings. The second-order valence-electron chi connectivity index (χ2n) is 5.74. The Morgan fingerprint density at radius 3 is 2.40 bits per heavy atom. The minimum Gasteiger partial charge on any atom is -0.480 e. The third-order valence-corrected chi connectivity index (χ3v) is 3.77. The summed E-state index contributed by atoms with van der Waals surface area (Å²) in [5.74, 6) is -1.76. The molecule has 0 radical (unpaired) electrons. The molecule has 20 heavy (non-hydrogen) atoms. The van der Waals surface area contributed by atoms with Gasteiger partial charge in [-0.1, -0.05) is 19.8 Å². The number of carbonyl (C=O) groups is 3. The summed E-state index contributed by atoms with van der Waals surface area (Å²) in [6.45, 7) is 2.64. The molecule has 0 saturated heterocycles. The van der Waals surface area contributed by atoms with E-state index in [1.165, 1.54) is 0 Å². The zero-order chi connectivity index (χ0) is 15.2. The summed E-state index contributed by atoms with van der Waals surface area (Å²) in [7, 11) is 0. The molecule has 0 aromatic carbocycles. The molecule has 7 heteroatoms. The number of urea groups is 1. The normalized spacial score (nSPS) is 18.2. The number of carboxylic acids is 1. The Morgan fingerprint density at radius 2 is 1.90 bits per heavy atom. The molecule has 1 aliphatic carbocycles. The predicted octanol–water partition coefficient (Wildman–Crippen LogP) is 0.585. The van der Waals surface area contributed by atoms with E-state index in [-0.39, 0.29) is 18.3 Å². The lowest BCUT2D eigenvalue weighted by Crippen LogP contribution is -2.48. The highest BCUT2D eigenvalue weighted by atomic mass is 16.4. The minimum absolute atomic E-state index is 0.00461. The molecule has 1 fully saturated rings. The van der Waals surface area contributed by atoms with Crippen LogP contribution in [0, 0.1) is 5.41 Å². The van der Waals surface area contributed by atoms with Crippen LogP contribution in [0.3, 0.4) is 0 Å². The van der Waals surface area contributed by atoms with E-state index in [1.54, 1.807) is 0 Å². The van der Waals surface area contributed by atoms with Crippen LogP contribution in [0.15, 0.2) is 0 Å². The number of aliphatic carboxylic acids is 1. The van der Waals surface area contributed by atoms with Crippen molar-refractivity contribution in [2.75, 3.05) is 6.54 Å². The Kier molecular flexibility index (Phi) is 5.79. The molecule has 7 nitrogen and oxygen atoms in total. The fourth-order valence-corrected chi connectivity index (χ4v) is 2.45. The summed E-state index contributed by atoms with van der Waals surface area (Å²) in [6, 6.07) is -1.62. The number of hydrogen-bond acceptors (Lipinski definition) is 3. The summed E-state index contributed by atoms with van der Waals surface area (Å²) >= 11 is 0. The van der Waals surface area contributed by atoms with E-state index in [2.05, 4.69) is 17.6 Å². The third-order valence-electron chi connectivity index (χ3n) is 3.77. The quantitative estimate of drug-likeness (QED) is 0.546. The van der Waals surface area contributed by atoms with E-state index < -0.39 is 23.9 Å². The lowest BCUT2D eigenvalue weighted by Gasteiger charge is -2.24. The summed E-state index contributed by atoms with van der Waals surface area (Å²) in [5.41, 5.74) is 5.07. The Morgan fingerprint density at radius 1 is 1.30 bits per heavy atom. The first-order valence-corrected chi connectivity index (χ1v) is 6.88. The minimum atomic E-state index is -1.17. The van der Waals surface area contributed by atoms with Crippen LogP contribution in [0.25, 0.3) is 0 Å². The van der Waals surface area contributed by atoms with Crippen LogP contribution in [-0.4, -0.2) is 35.6 Å². The van der Waals surface area contributed by atoms with Gasteiger partial charge in [-0.15, -0.1) is 0 Å². The first-order chi connectivity index (χ1) is 9.32. The van der Waals surface area contributed by atoms with Gasteiger partial charge < -0.3 is 21.5 Å². The van der Waals surface area contributed by atoms with Crippen LogP contribution in [0.5, 0.6) is 0 Å². The zero-order valence-corrected chi connectivity index (χ0v) is 11.8. The van der Waals surface area contributed by atoms with Crippen LogP contribution < -0.4 is 16.4 Å². The smallest absolute Gasteiger partial charge is 0.326 e. The van der Waals surface area contributed by atoms with Gasteiger partial charge in [0.1, 0.15) is 6.04 Å². The van der Waals surface area contributed by atoms with Gasteiger partial charge >= 0.3 is 12.0 Å².